The van der Waals surface area contributed by atoms with E-state index in [1.807, 2.05) is 6.07 Å². The average Bonchev–Trinajstić information content (AvgIpc) is 2.53. The fourth-order valence-electron chi connectivity index (χ4n) is 3.41. The lowest BCUT2D eigenvalue weighted by molar-refractivity contribution is 0.137. The van der Waals surface area contributed by atoms with Crippen molar-refractivity contribution >= 4 is 0 Å². The van der Waals surface area contributed by atoms with Gasteiger partial charge in [0.15, 0.2) is 0 Å². The highest BCUT2D eigenvalue weighted by atomic mass is 16.5. The summed E-state index contributed by atoms with van der Waals surface area (Å²) in [6.45, 7) is 8.14. The summed E-state index contributed by atoms with van der Waals surface area (Å²) in [6.07, 6.45) is 6.67. The van der Waals surface area contributed by atoms with E-state index in [1.165, 1.54) is 37.7 Å². The first-order chi connectivity index (χ1) is 10.0. The Morgan fingerprint density at radius 1 is 1.19 bits per heavy atom. The van der Waals surface area contributed by atoms with Crippen LogP contribution < -0.4 is 10.1 Å². The molecule has 0 unspecified atom stereocenters. The molecule has 0 atom stereocenters. The third kappa shape index (κ3) is 4.47. The van der Waals surface area contributed by atoms with Gasteiger partial charge in [-0.3, -0.25) is 0 Å². The van der Waals surface area contributed by atoms with Crippen LogP contribution >= 0.6 is 0 Å². The van der Waals surface area contributed by atoms with Crippen LogP contribution in [0.1, 0.15) is 58.4 Å². The lowest BCUT2D eigenvalue weighted by Crippen LogP contribution is -2.36. The maximum atomic E-state index is 5.28. The van der Waals surface area contributed by atoms with Crippen molar-refractivity contribution in [1.29, 1.82) is 0 Å². The zero-order chi connectivity index (χ0) is 15.3. The number of benzene rings is 1. The number of nitrogens with one attached hydrogen (secondary N) is 1. The van der Waals surface area contributed by atoms with E-state index in [4.69, 9.17) is 4.74 Å². The molecule has 1 fully saturated rings. The zero-order valence-electron chi connectivity index (χ0n) is 14.1. The predicted octanol–water partition coefficient (Wildman–Crippen LogP) is 4.78. The average molecular weight is 289 g/mol. The molecule has 0 radical (unpaired) electrons. The number of hydrogen-bond acceptors (Lipinski definition) is 2. The molecule has 2 nitrogen and oxygen atoms in total. The van der Waals surface area contributed by atoms with Crippen molar-refractivity contribution < 1.29 is 4.74 Å². The monoisotopic (exact) mass is 289 g/mol. The summed E-state index contributed by atoms with van der Waals surface area (Å²) >= 11 is 0. The molecule has 1 saturated carbocycles. The van der Waals surface area contributed by atoms with Gasteiger partial charge in [-0.05, 0) is 54.7 Å². The van der Waals surface area contributed by atoms with Crippen molar-refractivity contribution in [1.82, 2.24) is 5.32 Å². The Balaban J connectivity index is 1.78. The smallest absolute Gasteiger partial charge is 0.119 e. The molecule has 1 aromatic carbocycles. The van der Waals surface area contributed by atoms with Gasteiger partial charge in [-0.15, -0.1) is 0 Å². The lowest BCUT2D eigenvalue weighted by Gasteiger charge is -2.39. The summed E-state index contributed by atoms with van der Waals surface area (Å²) in [5.41, 5.74) is 1.82. The highest BCUT2D eigenvalue weighted by Gasteiger charge is 2.31. The first-order valence-electron chi connectivity index (χ1n) is 8.41. The molecular formula is C19H31NO. The van der Waals surface area contributed by atoms with E-state index in [2.05, 4.69) is 44.3 Å². The third-order valence-corrected chi connectivity index (χ3v) is 5.47. The summed E-state index contributed by atoms with van der Waals surface area (Å²) in [4.78, 5) is 0. The Hall–Kier alpha value is -1.02. The van der Waals surface area contributed by atoms with Crippen LogP contribution in [0.5, 0.6) is 5.75 Å². The molecule has 0 bridgehead atoms. The Bertz CT molecular complexity index is 433. The largest absolute Gasteiger partial charge is 0.497 e. The van der Waals surface area contributed by atoms with Gasteiger partial charge in [-0.2, -0.15) is 0 Å². The summed E-state index contributed by atoms with van der Waals surface area (Å²) in [5, 5.41) is 3.72. The van der Waals surface area contributed by atoms with E-state index >= 15 is 0 Å². The Kier molecular flexibility index (Phi) is 5.69. The molecule has 1 aliphatic carbocycles. The van der Waals surface area contributed by atoms with Crippen molar-refractivity contribution in [2.45, 2.75) is 65.5 Å². The minimum absolute atomic E-state index is 0.512. The van der Waals surface area contributed by atoms with E-state index in [1.54, 1.807) is 7.11 Å². The maximum Gasteiger partial charge on any atom is 0.119 e. The molecule has 118 valence electrons. The van der Waals surface area contributed by atoms with Gasteiger partial charge in [0.05, 0.1) is 7.11 Å². The lowest BCUT2D eigenvalue weighted by atomic mass is 9.69. The molecule has 21 heavy (non-hydrogen) atoms. The van der Waals surface area contributed by atoms with Crippen molar-refractivity contribution in [3.05, 3.63) is 29.8 Å². The van der Waals surface area contributed by atoms with Crippen molar-refractivity contribution in [2.75, 3.05) is 7.11 Å². The van der Waals surface area contributed by atoms with E-state index in [0.29, 0.717) is 11.5 Å². The maximum absolute atomic E-state index is 5.28. The van der Waals surface area contributed by atoms with Gasteiger partial charge in [0.2, 0.25) is 0 Å². The van der Waals surface area contributed by atoms with Crippen LogP contribution in [0, 0.1) is 11.3 Å². The van der Waals surface area contributed by atoms with Crippen LogP contribution in [0.3, 0.4) is 0 Å². The van der Waals surface area contributed by atoms with Gasteiger partial charge in [-0.25, -0.2) is 0 Å². The minimum atomic E-state index is 0.512. The van der Waals surface area contributed by atoms with E-state index < -0.39 is 0 Å². The van der Waals surface area contributed by atoms with Crippen molar-refractivity contribution in [2.24, 2.45) is 11.3 Å². The van der Waals surface area contributed by atoms with Crippen LogP contribution in [0.4, 0.5) is 0 Å². The molecule has 2 rings (SSSR count). The summed E-state index contributed by atoms with van der Waals surface area (Å²) in [5.74, 6) is 1.85. The van der Waals surface area contributed by atoms with Gasteiger partial charge < -0.3 is 10.1 Å². The second kappa shape index (κ2) is 7.31. The standard InChI is InChI=1S/C19H31NO/c1-5-19(2,3)16-9-11-17(12-10-16)20-14-15-7-6-8-18(13-15)21-4/h6-8,13,16-17,20H,5,9-12,14H2,1-4H3. The van der Waals surface area contributed by atoms with Crippen molar-refractivity contribution in [3.8, 4) is 5.75 Å². The molecule has 0 spiro atoms. The zero-order valence-corrected chi connectivity index (χ0v) is 14.1. The van der Waals surface area contributed by atoms with Crippen LogP contribution in [0.2, 0.25) is 0 Å². The first kappa shape index (κ1) is 16.4. The normalized spacial score (nSPS) is 23.0. The topological polar surface area (TPSA) is 21.3 Å². The molecule has 1 N–H and O–H groups in total. The first-order valence-corrected chi connectivity index (χ1v) is 8.41. The number of ether oxygens (including phenoxy) is 1. The van der Waals surface area contributed by atoms with Gasteiger partial charge in [-0.1, -0.05) is 39.3 Å². The van der Waals surface area contributed by atoms with Crippen LogP contribution in [-0.4, -0.2) is 13.2 Å². The molecule has 1 aliphatic rings. The Morgan fingerprint density at radius 2 is 1.90 bits per heavy atom. The van der Waals surface area contributed by atoms with Crippen molar-refractivity contribution in [3.63, 3.8) is 0 Å². The highest BCUT2D eigenvalue weighted by molar-refractivity contribution is 5.28. The number of methoxy groups -OCH3 is 1. The van der Waals surface area contributed by atoms with E-state index in [0.717, 1.165) is 18.2 Å². The Morgan fingerprint density at radius 3 is 2.52 bits per heavy atom. The second-order valence-corrected chi connectivity index (χ2v) is 7.12. The SMILES string of the molecule is CCC(C)(C)C1CCC(NCc2cccc(OC)c2)CC1. The predicted molar refractivity (Wildman–Crippen MR) is 89.7 cm³/mol. The van der Waals surface area contributed by atoms with Gasteiger partial charge in [0.25, 0.3) is 0 Å². The minimum Gasteiger partial charge on any atom is -0.497 e. The highest BCUT2D eigenvalue weighted by Crippen LogP contribution is 2.40. The molecule has 1 aromatic rings. The van der Waals surface area contributed by atoms with Gasteiger partial charge in [0, 0.05) is 12.6 Å². The van der Waals surface area contributed by atoms with Gasteiger partial charge in [0.1, 0.15) is 5.75 Å². The van der Waals surface area contributed by atoms with Gasteiger partial charge >= 0.3 is 0 Å². The Labute approximate surface area is 130 Å². The quantitative estimate of drug-likeness (QED) is 0.813. The molecule has 2 heteroatoms. The summed E-state index contributed by atoms with van der Waals surface area (Å²) < 4.78 is 5.28. The number of rotatable bonds is 6. The second-order valence-electron chi connectivity index (χ2n) is 7.12. The van der Waals surface area contributed by atoms with E-state index in [9.17, 15) is 0 Å². The number of hydrogen-bond donors (Lipinski definition) is 1. The molecule has 0 heterocycles. The van der Waals surface area contributed by atoms with Crippen LogP contribution in [0.15, 0.2) is 24.3 Å². The fourth-order valence-corrected chi connectivity index (χ4v) is 3.41. The van der Waals surface area contributed by atoms with E-state index in [-0.39, 0.29) is 0 Å². The molecule has 0 amide bonds. The summed E-state index contributed by atoms with van der Waals surface area (Å²) in [6, 6.07) is 9.04. The molecule has 0 aliphatic heterocycles. The van der Waals surface area contributed by atoms with Crippen LogP contribution in [0.25, 0.3) is 0 Å². The third-order valence-electron chi connectivity index (χ3n) is 5.47. The molecule has 0 saturated heterocycles. The fraction of sp³-hybridized carbons (Fsp3) is 0.684. The molecule has 0 aromatic heterocycles. The summed E-state index contributed by atoms with van der Waals surface area (Å²) in [7, 11) is 1.73. The van der Waals surface area contributed by atoms with Crippen LogP contribution in [-0.2, 0) is 6.54 Å². The molecular weight excluding hydrogens is 258 g/mol.